The molecule has 1 aliphatic heterocycles. The Morgan fingerprint density at radius 2 is 1.55 bits per heavy atom. The van der Waals surface area contributed by atoms with E-state index in [4.69, 9.17) is 0 Å². The van der Waals surface area contributed by atoms with Gasteiger partial charge in [0.2, 0.25) is 0 Å². The number of amides is 3. The van der Waals surface area contributed by atoms with Crippen LogP contribution >= 0.6 is 0 Å². The standard InChI is InChI=1S/C16H14N2O3.H2O/c19-14(9-4-2-1-3-5-9)17-18-15(20)12-10-6-7-11(8-10)13(12)16(18)21;/h1-7,10-13H,8H2,(H,17,19);1H2. The van der Waals surface area contributed by atoms with Gasteiger partial charge in [0, 0.05) is 5.56 Å². The van der Waals surface area contributed by atoms with Gasteiger partial charge in [0.15, 0.2) is 0 Å². The number of benzene rings is 1. The van der Waals surface area contributed by atoms with Crippen molar-refractivity contribution >= 4 is 17.7 Å². The minimum Gasteiger partial charge on any atom is -0.412 e. The SMILES string of the molecule is O.O=C(NN1C(=O)C2C3C=CC(C3)C2C1=O)c1ccccc1. The molecule has 22 heavy (non-hydrogen) atoms. The number of nitrogens with zero attached hydrogens (tertiary/aromatic N) is 1. The first-order valence-electron chi connectivity index (χ1n) is 7.09. The maximum absolute atomic E-state index is 12.4. The quantitative estimate of drug-likeness (QED) is 0.628. The van der Waals surface area contributed by atoms with Crippen LogP contribution in [0.1, 0.15) is 16.8 Å². The Balaban J connectivity index is 0.00000144. The van der Waals surface area contributed by atoms with Crippen LogP contribution in [0.3, 0.4) is 0 Å². The molecule has 2 fully saturated rings. The lowest BCUT2D eigenvalue weighted by Gasteiger charge is -2.17. The summed E-state index contributed by atoms with van der Waals surface area (Å²) in [5.41, 5.74) is 2.89. The number of carbonyl (C=O) groups is 3. The molecule has 1 aromatic carbocycles. The molecule has 1 heterocycles. The predicted octanol–water partition coefficient (Wildman–Crippen LogP) is 0.314. The molecule has 2 bridgehead atoms. The molecule has 0 aromatic heterocycles. The summed E-state index contributed by atoms with van der Waals surface area (Å²) in [6.45, 7) is 0. The lowest BCUT2D eigenvalue weighted by Crippen LogP contribution is -2.47. The first kappa shape index (κ1) is 14.5. The minimum atomic E-state index is -0.433. The monoisotopic (exact) mass is 300 g/mol. The van der Waals surface area contributed by atoms with E-state index in [2.05, 4.69) is 5.43 Å². The van der Waals surface area contributed by atoms with E-state index in [1.807, 2.05) is 12.2 Å². The summed E-state index contributed by atoms with van der Waals surface area (Å²) >= 11 is 0. The molecule has 6 heteroatoms. The molecule has 1 aromatic rings. The Bertz CT molecular complexity index is 640. The second-order valence-electron chi connectivity index (χ2n) is 5.82. The molecule has 0 radical (unpaired) electrons. The maximum Gasteiger partial charge on any atom is 0.270 e. The average Bonchev–Trinajstić information content (AvgIpc) is 3.18. The van der Waals surface area contributed by atoms with E-state index in [-0.39, 0.29) is 41.0 Å². The highest BCUT2D eigenvalue weighted by Gasteiger charge is 2.59. The van der Waals surface area contributed by atoms with Gasteiger partial charge in [-0.3, -0.25) is 19.8 Å². The summed E-state index contributed by atoms with van der Waals surface area (Å²) < 4.78 is 0. The Labute approximate surface area is 127 Å². The fourth-order valence-corrected chi connectivity index (χ4v) is 3.77. The van der Waals surface area contributed by atoms with Crippen LogP contribution in [0.2, 0.25) is 0 Å². The van der Waals surface area contributed by atoms with E-state index in [9.17, 15) is 14.4 Å². The van der Waals surface area contributed by atoms with Gasteiger partial charge in [-0.1, -0.05) is 30.4 Å². The zero-order chi connectivity index (χ0) is 14.6. The first-order chi connectivity index (χ1) is 10.2. The summed E-state index contributed by atoms with van der Waals surface area (Å²) in [5, 5.41) is 0.927. The Morgan fingerprint density at radius 1 is 1.00 bits per heavy atom. The van der Waals surface area contributed by atoms with Crippen molar-refractivity contribution in [1.29, 1.82) is 0 Å². The number of fused-ring (bicyclic) bond motifs is 5. The number of allylic oxidation sites excluding steroid dienone is 2. The summed E-state index contributed by atoms with van der Waals surface area (Å²) in [6.07, 6.45) is 4.94. The van der Waals surface area contributed by atoms with Crippen LogP contribution in [0.5, 0.6) is 0 Å². The minimum absolute atomic E-state index is 0. The molecule has 4 atom stereocenters. The second-order valence-corrected chi connectivity index (χ2v) is 5.82. The predicted molar refractivity (Wildman–Crippen MR) is 77.1 cm³/mol. The number of hydrazine groups is 1. The van der Waals surface area contributed by atoms with Crippen molar-refractivity contribution in [3.63, 3.8) is 0 Å². The third kappa shape index (κ3) is 1.88. The van der Waals surface area contributed by atoms with E-state index >= 15 is 0 Å². The van der Waals surface area contributed by atoms with Crippen LogP contribution in [0.25, 0.3) is 0 Å². The highest BCUT2D eigenvalue weighted by atomic mass is 16.2. The smallest absolute Gasteiger partial charge is 0.270 e. The number of hydrogen-bond acceptors (Lipinski definition) is 3. The van der Waals surface area contributed by atoms with Gasteiger partial charge in [-0.15, -0.1) is 0 Å². The zero-order valence-corrected chi connectivity index (χ0v) is 11.7. The van der Waals surface area contributed by atoms with Crippen molar-refractivity contribution < 1.29 is 19.9 Å². The van der Waals surface area contributed by atoms with E-state index in [0.29, 0.717) is 5.56 Å². The van der Waals surface area contributed by atoms with Crippen LogP contribution in [0.15, 0.2) is 42.5 Å². The largest absolute Gasteiger partial charge is 0.412 e. The normalized spacial score (nSPS) is 31.2. The lowest BCUT2D eigenvalue weighted by atomic mass is 9.85. The highest BCUT2D eigenvalue weighted by molar-refractivity contribution is 6.08. The molecular weight excluding hydrogens is 284 g/mol. The number of carbonyl (C=O) groups excluding carboxylic acids is 3. The van der Waals surface area contributed by atoms with E-state index in [1.54, 1.807) is 30.3 Å². The molecule has 3 amide bonds. The van der Waals surface area contributed by atoms with Gasteiger partial charge in [-0.2, -0.15) is 5.01 Å². The molecule has 4 rings (SSSR count). The Kier molecular flexibility index (Phi) is 3.33. The van der Waals surface area contributed by atoms with Crippen molar-refractivity contribution in [1.82, 2.24) is 10.4 Å². The molecule has 0 spiro atoms. The van der Waals surface area contributed by atoms with Crippen molar-refractivity contribution in [2.75, 3.05) is 0 Å². The summed E-state index contributed by atoms with van der Waals surface area (Å²) in [7, 11) is 0. The van der Waals surface area contributed by atoms with Crippen molar-refractivity contribution in [2.45, 2.75) is 6.42 Å². The molecule has 2 aliphatic carbocycles. The molecule has 6 nitrogen and oxygen atoms in total. The van der Waals surface area contributed by atoms with Gasteiger partial charge in [0.1, 0.15) is 0 Å². The van der Waals surface area contributed by atoms with Gasteiger partial charge in [-0.25, -0.2) is 0 Å². The molecule has 4 unspecified atom stereocenters. The van der Waals surface area contributed by atoms with Gasteiger partial charge in [0.05, 0.1) is 11.8 Å². The molecule has 1 saturated heterocycles. The first-order valence-corrected chi connectivity index (χ1v) is 7.09. The molecule has 3 aliphatic rings. The average molecular weight is 300 g/mol. The van der Waals surface area contributed by atoms with Gasteiger partial charge in [0.25, 0.3) is 17.7 Å². The fourth-order valence-electron chi connectivity index (χ4n) is 3.77. The van der Waals surface area contributed by atoms with Crippen LogP contribution in [-0.4, -0.2) is 28.2 Å². The summed E-state index contributed by atoms with van der Waals surface area (Å²) in [6, 6.07) is 8.57. The van der Waals surface area contributed by atoms with Gasteiger partial charge < -0.3 is 5.48 Å². The fraction of sp³-hybridized carbons (Fsp3) is 0.312. The van der Waals surface area contributed by atoms with Crippen molar-refractivity contribution in [2.24, 2.45) is 23.7 Å². The van der Waals surface area contributed by atoms with Crippen LogP contribution in [0, 0.1) is 23.7 Å². The highest BCUT2D eigenvalue weighted by Crippen LogP contribution is 2.52. The third-order valence-electron chi connectivity index (χ3n) is 4.72. The topological polar surface area (TPSA) is 98.0 Å². The van der Waals surface area contributed by atoms with Crippen LogP contribution < -0.4 is 5.43 Å². The molecule has 3 N–H and O–H groups in total. The number of hydrogen-bond donors (Lipinski definition) is 1. The second kappa shape index (κ2) is 5.06. The summed E-state index contributed by atoms with van der Waals surface area (Å²) in [4.78, 5) is 36.9. The van der Waals surface area contributed by atoms with E-state index < -0.39 is 5.91 Å². The maximum atomic E-state index is 12.4. The Morgan fingerprint density at radius 3 is 2.09 bits per heavy atom. The number of imide groups is 1. The van der Waals surface area contributed by atoms with E-state index in [0.717, 1.165) is 11.4 Å². The molecule has 114 valence electrons. The molecular formula is C16H16N2O4. The van der Waals surface area contributed by atoms with E-state index in [1.165, 1.54) is 0 Å². The number of rotatable bonds is 2. The van der Waals surface area contributed by atoms with Gasteiger partial charge >= 0.3 is 0 Å². The van der Waals surface area contributed by atoms with Crippen LogP contribution in [-0.2, 0) is 9.59 Å². The number of nitrogens with one attached hydrogen (secondary N) is 1. The molecule has 1 saturated carbocycles. The van der Waals surface area contributed by atoms with Crippen molar-refractivity contribution in [3.8, 4) is 0 Å². The zero-order valence-electron chi connectivity index (χ0n) is 11.7. The van der Waals surface area contributed by atoms with Gasteiger partial charge in [-0.05, 0) is 30.4 Å². The Hall–Kier alpha value is -2.47. The van der Waals surface area contributed by atoms with Crippen LogP contribution in [0.4, 0.5) is 0 Å². The third-order valence-corrected chi connectivity index (χ3v) is 4.72. The summed E-state index contributed by atoms with van der Waals surface area (Å²) in [5.74, 6) is -1.26. The van der Waals surface area contributed by atoms with Crippen molar-refractivity contribution in [3.05, 3.63) is 48.0 Å². The lowest BCUT2D eigenvalue weighted by molar-refractivity contribution is -0.143.